The largest absolute Gasteiger partial charge is 0.312 e. The van der Waals surface area contributed by atoms with Crippen LogP contribution in [0.1, 0.15) is 61.8 Å². The van der Waals surface area contributed by atoms with E-state index in [1.807, 2.05) is 11.8 Å². The van der Waals surface area contributed by atoms with Gasteiger partial charge in [0.05, 0.1) is 17.1 Å². The fraction of sp³-hybridized carbons (Fsp3) is 0.733. The topological polar surface area (TPSA) is 37.8 Å². The quantitative estimate of drug-likeness (QED) is 0.898. The molecule has 0 aromatic carbocycles. The Labute approximate surface area is 120 Å². The average molecular weight is 277 g/mol. The first-order valence-corrected chi connectivity index (χ1v) is 8.53. The van der Waals surface area contributed by atoms with Crippen LogP contribution in [0.5, 0.6) is 0 Å². The summed E-state index contributed by atoms with van der Waals surface area (Å²) in [6.45, 7) is 6.56. The van der Waals surface area contributed by atoms with E-state index >= 15 is 0 Å². The van der Waals surface area contributed by atoms with Crippen LogP contribution in [-0.2, 0) is 18.7 Å². The maximum absolute atomic E-state index is 4.88. The summed E-state index contributed by atoms with van der Waals surface area (Å²) in [5, 5.41) is 4.16. The molecule has 4 heteroatoms. The van der Waals surface area contributed by atoms with Crippen molar-refractivity contribution < 1.29 is 0 Å². The molecule has 2 heterocycles. The van der Waals surface area contributed by atoms with Crippen molar-refractivity contribution in [1.82, 2.24) is 15.3 Å². The average Bonchev–Trinajstić information content (AvgIpc) is 3.28. The molecular weight excluding hydrogens is 254 g/mol. The Hall–Kier alpha value is -0.610. The summed E-state index contributed by atoms with van der Waals surface area (Å²) < 4.78 is 0. The van der Waals surface area contributed by atoms with Gasteiger partial charge in [0, 0.05) is 36.2 Å². The van der Waals surface area contributed by atoms with Crippen LogP contribution in [0.2, 0.25) is 0 Å². The Morgan fingerprint density at radius 2 is 2.21 bits per heavy atom. The Morgan fingerprint density at radius 1 is 1.37 bits per heavy atom. The molecule has 1 fully saturated rings. The van der Waals surface area contributed by atoms with Crippen LogP contribution in [0.25, 0.3) is 0 Å². The molecule has 3 nitrogen and oxygen atoms in total. The van der Waals surface area contributed by atoms with Gasteiger partial charge >= 0.3 is 0 Å². The van der Waals surface area contributed by atoms with Gasteiger partial charge in [-0.15, -0.1) is 0 Å². The van der Waals surface area contributed by atoms with Crippen LogP contribution in [0, 0.1) is 0 Å². The van der Waals surface area contributed by atoms with Crippen molar-refractivity contribution in [2.24, 2.45) is 0 Å². The lowest BCUT2D eigenvalue weighted by Gasteiger charge is -2.20. The molecule has 0 radical (unpaired) electrons. The minimum absolute atomic E-state index is 0.700. The highest BCUT2D eigenvalue weighted by Crippen LogP contribution is 2.41. The first-order valence-electron chi connectivity index (χ1n) is 7.48. The van der Waals surface area contributed by atoms with Crippen molar-refractivity contribution in [3.8, 4) is 0 Å². The molecule has 0 bridgehead atoms. The maximum atomic E-state index is 4.88. The lowest BCUT2D eigenvalue weighted by Crippen LogP contribution is -2.27. The van der Waals surface area contributed by atoms with Gasteiger partial charge < -0.3 is 5.32 Å². The van der Waals surface area contributed by atoms with Gasteiger partial charge in [-0.1, -0.05) is 13.8 Å². The molecule has 2 aliphatic rings. The molecule has 0 spiro atoms. The van der Waals surface area contributed by atoms with Crippen LogP contribution in [0.4, 0.5) is 0 Å². The minimum atomic E-state index is 0.700. The minimum Gasteiger partial charge on any atom is -0.312 e. The van der Waals surface area contributed by atoms with Crippen molar-refractivity contribution in [1.29, 1.82) is 0 Å². The van der Waals surface area contributed by atoms with Gasteiger partial charge in [-0.2, -0.15) is 11.8 Å². The zero-order valence-electron chi connectivity index (χ0n) is 11.9. The van der Waals surface area contributed by atoms with Crippen molar-refractivity contribution in [2.75, 3.05) is 6.54 Å². The number of nitrogens with one attached hydrogen (secondary N) is 1. The molecular formula is C15H23N3S. The standard InChI is InChI=1S/C15H23N3S/c1-3-10(2)19-9-14-17-13-6-7-16-8-12(13)15(18-14)11-4-5-11/h10-11,16H,3-9H2,1-2H3. The molecule has 1 unspecified atom stereocenters. The summed E-state index contributed by atoms with van der Waals surface area (Å²) in [5.41, 5.74) is 4.08. The lowest BCUT2D eigenvalue weighted by molar-refractivity contribution is 0.612. The van der Waals surface area contributed by atoms with E-state index in [0.29, 0.717) is 5.25 Å². The Kier molecular flexibility index (Phi) is 4.08. The van der Waals surface area contributed by atoms with Gasteiger partial charge in [0.1, 0.15) is 5.82 Å². The molecule has 19 heavy (non-hydrogen) atoms. The number of rotatable bonds is 5. The second kappa shape index (κ2) is 5.80. The van der Waals surface area contributed by atoms with E-state index in [1.54, 1.807) is 0 Å². The summed E-state index contributed by atoms with van der Waals surface area (Å²) in [7, 11) is 0. The first kappa shape index (κ1) is 13.4. The Morgan fingerprint density at radius 3 is 2.95 bits per heavy atom. The predicted molar refractivity (Wildman–Crippen MR) is 80.5 cm³/mol. The van der Waals surface area contributed by atoms with E-state index in [2.05, 4.69) is 19.2 Å². The van der Waals surface area contributed by atoms with Gasteiger partial charge in [0.15, 0.2) is 0 Å². The lowest BCUT2D eigenvalue weighted by atomic mass is 10.0. The highest BCUT2D eigenvalue weighted by Gasteiger charge is 2.30. The molecule has 1 N–H and O–H groups in total. The molecule has 1 aliphatic heterocycles. The molecule has 104 valence electrons. The monoisotopic (exact) mass is 277 g/mol. The van der Waals surface area contributed by atoms with Gasteiger partial charge in [-0.05, 0) is 19.3 Å². The number of hydrogen-bond acceptors (Lipinski definition) is 4. The third kappa shape index (κ3) is 3.11. The van der Waals surface area contributed by atoms with Crippen molar-refractivity contribution >= 4 is 11.8 Å². The SMILES string of the molecule is CCC(C)SCc1nc2c(c(C3CC3)n1)CNCC2. The van der Waals surface area contributed by atoms with E-state index in [9.17, 15) is 0 Å². The fourth-order valence-electron chi connectivity index (χ4n) is 2.52. The maximum Gasteiger partial charge on any atom is 0.138 e. The highest BCUT2D eigenvalue weighted by molar-refractivity contribution is 7.99. The third-order valence-electron chi connectivity index (χ3n) is 4.05. The summed E-state index contributed by atoms with van der Waals surface area (Å²) >= 11 is 1.98. The predicted octanol–water partition coefficient (Wildman–Crippen LogP) is 3.03. The van der Waals surface area contributed by atoms with Crippen LogP contribution >= 0.6 is 11.8 Å². The second-order valence-electron chi connectivity index (χ2n) is 5.68. The first-order chi connectivity index (χ1) is 9.28. The summed E-state index contributed by atoms with van der Waals surface area (Å²) in [5.74, 6) is 2.76. The van der Waals surface area contributed by atoms with Gasteiger partial charge in [0.2, 0.25) is 0 Å². The smallest absolute Gasteiger partial charge is 0.138 e. The normalized spacial score (nSPS) is 20.1. The second-order valence-corrected chi connectivity index (χ2v) is 7.11. The van der Waals surface area contributed by atoms with Crippen LogP contribution in [-0.4, -0.2) is 21.8 Å². The molecule has 1 aliphatic carbocycles. The van der Waals surface area contributed by atoms with E-state index in [-0.39, 0.29) is 0 Å². The van der Waals surface area contributed by atoms with Crippen LogP contribution in [0.15, 0.2) is 0 Å². The summed E-state index contributed by atoms with van der Waals surface area (Å²) in [6.07, 6.45) is 4.93. The zero-order valence-corrected chi connectivity index (χ0v) is 12.7. The van der Waals surface area contributed by atoms with E-state index in [1.165, 1.54) is 36.2 Å². The molecule has 1 atom stereocenters. The number of aromatic nitrogens is 2. The molecule has 1 aromatic rings. The van der Waals surface area contributed by atoms with E-state index in [4.69, 9.17) is 9.97 Å². The zero-order chi connectivity index (χ0) is 13.2. The van der Waals surface area contributed by atoms with E-state index in [0.717, 1.165) is 37.0 Å². The number of thioether (sulfide) groups is 1. The molecule has 3 rings (SSSR count). The number of fused-ring (bicyclic) bond motifs is 1. The Bertz CT molecular complexity index is 457. The summed E-state index contributed by atoms with van der Waals surface area (Å²) in [4.78, 5) is 9.70. The molecule has 0 saturated heterocycles. The van der Waals surface area contributed by atoms with Crippen LogP contribution in [0.3, 0.4) is 0 Å². The highest BCUT2D eigenvalue weighted by atomic mass is 32.2. The summed E-state index contributed by atoms with van der Waals surface area (Å²) in [6, 6.07) is 0. The fourth-order valence-corrected chi connectivity index (χ4v) is 3.31. The van der Waals surface area contributed by atoms with Crippen LogP contribution < -0.4 is 5.32 Å². The third-order valence-corrected chi connectivity index (χ3v) is 5.37. The van der Waals surface area contributed by atoms with Gasteiger partial charge in [-0.25, -0.2) is 9.97 Å². The Balaban J connectivity index is 1.82. The van der Waals surface area contributed by atoms with Gasteiger partial charge in [-0.3, -0.25) is 0 Å². The molecule has 0 amide bonds. The van der Waals surface area contributed by atoms with Gasteiger partial charge in [0.25, 0.3) is 0 Å². The van der Waals surface area contributed by atoms with Crippen molar-refractivity contribution in [2.45, 2.75) is 63.0 Å². The molecule has 1 aromatic heterocycles. The molecule has 1 saturated carbocycles. The number of nitrogens with zero attached hydrogens (tertiary/aromatic N) is 2. The van der Waals surface area contributed by atoms with Crippen molar-refractivity contribution in [3.63, 3.8) is 0 Å². The number of hydrogen-bond donors (Lipinski definition) is 1. The van der Waals surface area contributed by atoms with Crippen molar-refractivity contribution in [3.05, 3.63) is 22.8 Å². The van der Waals surface area contributed by atoms with E-state index < -0.39 is 0 Å².